The monoisotopic (exact) mass is 349 g/mol. The lowest BCUT2D eigenvalue weighted by Crippen LogP contribution is -2.43. The van der Waals surface area contributed by atoms with Gasteiger partial charge in [0.2, 0.25) is 9.84 Å². The molecule has 6 heteroatoms. The Bertz CT molecular complexity index is 838. The molecule has 0 aliphatic heterocycles. The molecule has 3 rings (SSSR count). The maximum atomic E-state index is 12.8. The van der Waals surface area contributed by atoms with Gasteiger partial charge in [-0.1, -0.05) is 29.3 Å². The number of amides is 1. The normalized spacial score (nSPS) is 15.9. The van der Waals surface area contributed by atoms with E-state index in [0.717, 1.165) is 5.56 Å². The van der Waals surface area contributed by atoms with Crippen LogP contribution in [0.1, 0.15) is 28.8 Å². The summed E-state index contributed by atoms with van der Waals surface area (Å²) in [7, 11) is -3.61. The van der Waals surface area contributed by atoms with Gasteiger partial charge in [0.1, 0.15) is 4.87 Å². The van der Waals surface area contributed by atoms with Crippen molar-refractivity contribution >= 4 is 27.3 Å². The van der Waals surface area contributed by atoms with Crippen molar-refractivity contribution in [2.75, 3.05) is 0 Å². The van der Waals surface area contributed by atoms with Crippen molar-refractivity contribution in [1.29, 1.82) is 0 Å². The van der Waals surface area contributed by atoms with Crippen molar-refractivity contribution in [2.45, 2.75) is 29.5 Å². The number of benzene rings is 2. The smallest absolute Gasteiger partial charge is 0.252 e. The Morgan fingerprint density at radius 1 is 1.04 bits per heavy atom. The van der Waals surface area contributed by atoms with Gasteiger partial charge in [-0.2, -0.15) is 0 Å². The van der Waals surface area contributed by atoms with E-state index in [4.69, 9.17) is 11.6 Å². The van der Waals surface area contributed by atoms with Gasteiger partial charge in [0.25, 0.3) is 5.91 Å². The maximum Gasteiger partial charge on any atom is 0.252 e. The Balaban J connectivity index is 1.85. The number of hydrogen-bond donors (Lipinski definition) is 1. The van der Waals surface area contributed by atoms with E-state index in [1.807, 2.05) is 6.92 Å². The third kappa shape index (κ3) is 2.99. The van der Waals surface area contributed by atoms with Gasteiger partial charge in [0, 0.05) is 10.6 Å². The summed E-state index contributed by atoms with van der Waals surface area (Å²) in [6, 6.07) is 13.0. The van der Waals surface area contributed by atoms with E-state index in [-0.39, 0.29) is 4.90 Å². The lowest BCUT2D eigenvalue weighted by atomic mass is 10.2. The molecule has 4 nitrogen and oxygen atoms in total. The predicted molar refractivity (Wildman–Crippen MR) is 89.2 cm³/mol. The molecule has 2 aromatic carbocycles. The molecule has 1 amide bonds. The average molecular weight is 350 g/mol. The highest BCUT2D eigenvalue weighted by Gasteiger charge is 2.56. The molecule has 0 heterocycles. The van der Waals surface area contributed by atoms with Crippen LogP contribution in [-0.2, 0) is 9.84 Å². The molecule has 1 fully saturated rings. The Labute approximate surface area is 140 Å². The standard InChI is InChI=1S/C17H16ClNO3S/c1-12-2-8-15(9-3-12)23(21,22)17(10-11-17)19-16(20)13-4-6-14(18)7-5-13/h2-9H,10-11H2,1H3,(H,19,20). The van der Waals surface area contributed by atoms with Crippen molar-refractivity contribution in [2.24, 2.45) is 0 Å². The summed E-state index contributed by atoms with van der Waals surface area (Å²) in [5.41, 5.74) is 1.37. The van der Waals surface area contributed by atoms with Gasteiger partial charge in [-0.25, -0.2) is 8.42 Å². The minimum atomic E-state index is -3.61. The Morgan fingerprint density at radius 3 is 2.13 bits per heavy atom. The number of aryl methyl sites for hydroxylation is 1. The summed E-state index contributed by atoms with van der Waals surface area (Å²) in [4.78, 5) is 11.4. The second kappa shape index (κ2) is 5.65. The molecule has 1 saturated carbocycles. The largest absolute Gasteiger partial charge is 0.333 e. The lowest BCUT2D eigenvalue weighted by molar-refractivity contribution is 0.0944. The lowest BCUT2D eigenvalue weighted by Gasteiger charge is -2.18. The van der Waals surface area contributed by atoms with Crippen LogP contribution in [0.5, 0.6) is 0 Å². The first-order chi connectivity index (χ1) is 10.8. The van der Waals surface area contributed by atoms with Crippen LogP contribution >= 0.6 is 11.6 Å². The van der Waals surface area contributed by atoms with Crippen LogP contribution in [0.25, 0.3) is 0 Å². The van der Waals surface area contributed by atoms with Gasteiger partial charge >= 0.3 is 0 Å². The summed E-state index contributed by atoms with van der Waals surface area (Å²) in [5, 5.41) is 3.21. The highest BCUT2D eigenvalue weighted by atomic mass is 35.5. The third-order valence-corrected chi connectivity index (χ3v) is 6.68. The number of hydrogen-bond acceptors (Lipinski definition) is 3. The SMILES string of the molecule is Cc1ccc(S(=O)(=O)C2(NC(=O)c3ccc(Cl)cc3)CC2)cc1. The van der Waals surface area contributed by atoms with E-state index in [0.29, 0.717) is 23.4 Å². The average Bonchev–Trinajstić information content (AvgIpc) is 3.29. The zero-order valence-corrected chi connectivity index (χ0v) is 14.1. The van der Waals surface area contributed by atoms with E-state index in [1.165, 1.54) is 0 Å². The number of carbonyl (C=O) groups is 1. The molecule has 0 spiro atoms. The van der Waals surface area contributed by atoms with Gasteiger partial charge in [0.05, 0.1) is 4.90 Å². The molecule has 0 bridgehead atoms. The molecule has 0 unspecified atom stereocenters. The van der Waals surface area contributed by atoms with Gasteiger partial charge in [-0.05, 0) is 56.2 Å². The van der Waals surface area contributed by atoms with Crippen LogP contribution < -0.4 is 5.32 Å². The van der Waals surface area contributed by atoms with Crippen LogP contribution in [0.15, 0.2) is 53.4 Å². The van der Waals surface area contributed by atoms with Crippen molar-refractivity contribution in [3.8, 4) is 0 Å². The summed E-state index contributed by atoms with van der Waals surface area (Å²) in [6.07, 6.45) is 0.838. The Hall–Kier alpha value is -1.85. The molecular formula is C17H16ClNO3S. The first kappa shape index (κ1) is 16.0. The van der Waals surface area contributed by atoms with E-state index < -0.39 is 20.6 Å². The molecule has 0 atom stereocenters. The first-order valence-electron chi connectivity index (χ1n) is 7.23. The number of carbonyl (C=O) groups excluding carboxylic acids is 1. The summed E-state index contributed by atoms with van der Waals surface area (Å²) in [6.45, 7) is 1.89. The number of rotatable bonds is 4. The molecule has 1 aliphatic carbocycles. The molecule has 1 N–H and O–H groups in total. The highest BCUT2D eigenvalue weighted by Crippen LogP contribution is 2.44. The fraction of sp³-hybridized carbons (Fsp3) is 0.235. The van der Waals surface area contributed by atoms with Crippen molar-refractivity contribution in [3.05, 3.63) is 64.7 Å². The third-order valence-electron chi connectivity index (χ3n) is 4.00. The van der Waals surface area contributed by atoms with Crippen molar-refractivity contribution in [3.63, 3.8) is 0 Å². The zero-order chi connectivity index (χ0) is 16.7. The minimum absolute atomic E-state index is 0.233. The topological polar surface area (TPSA) is 63.2 Å². The number of halogens is 1. The van der Waals surface area contributed by atoms with E-state index >= 15 is 0 Å². The van der Waals surface area contributed by atoms with Gasteiger partial charge < -0.3 is 5.32 Å². The van der Waals surface area contributed by atoms with Crippen LogP contribution in [-0.4, -0.2) is 19.2 Å². The molecule has 0 radical (unpaired) electrons. The number of sulfone groups is 1. The van der Waals surface area contributed by atoms with E-state index in [1.54, 1.807) is 48.5 Å². The fourth-order valence-electron chi connectivity index (χ4n) is 2.40. The highest BCUT2D eigenvalue weighted by molar-refractivity contribution is 7.93. The number of nitrogens with one attached hydrogen (secondary N) is 1. The second-order valence-corrected chi connectivity index (χ2v) is 8.47. The molecular weight excluding hydrogens is 334 g/mol. The quantitative estimate of drug-likeness (QED) is 0.920. The maximum absolute atomic E-state index is 12.8. The molecule has 23 heavy (non-hydrogen) atoms. The fourth-order valence-corrected chi connectivity index (χ4v) is 4.34. The Morgan fingerprint density at radius 2 is 1.61 bits per heavy atom. The predicted octanol–water partition coefficient (Wildman–Crippen LogP) is 3.34. The Kier molecular flexibility index (Phi) is 3.94. The molecule has 0 aromatic heterocycles. The van der Waals surface area contributed by atoms with Gasteiger partial charge in [0.15, 0.2) is 0 Å². The zero-order valence-electron chi connectivity index (χ0n) is 12.5. The van der Waals surface area contributed by atoms with Crippen LogP contribution in [0.3, 0.4) is 0 Å². The van der Waals surface area contributed by atoms with Crippen molar-refractivity contribution in [1.82, 2.24) is 5.32 Å². The van der Waals surface area contributed by atoms with Crippen LogP contribution in [0.2, 0.25) is 5.02 Å². The van der Waals surface area contributed by atoms with E-state index in [9.17, 15) is 13.2 Å². The molecule has 0 saturated heterocycles. The minimum Gasteiger partial charge on any atom is -0.333 e. The second-order valence-electron chi connectivity index (χ2n) is 5.77. The van der Waals surface area contributed by atoms with Gasteiger partial charge in [-0.15, -0.1) is 0 Å². The molecule has 1 aliphatic rings. The van der Waals surface area contributed by atoms with Crippen LogP contribution in [0, 0.1) is 6.92 Å². The summed E-state index contributed by atoms with van der Waals surface area (Å²) >= 11 is 5.80. The molecule has 2 aromatic rings. The van der Waals surface area contributed by atoms with Crippen LogP contribution in [0.4, 0.5) is 0 Å². The van der Waals surface area contributed by atoms with E-state index in [2.05, 4.69) is 5.32 Å². The summed E-state index contributed by atoms with van der Waals surface area (Å²) in [5.74, 6) is -0.408. The summed E-state index contributed by atoms with van der Waals surface area (Å²) < 4.78 is 25.6. The van der Waals surface area contributed by atoms with Gasteiger partial charge in [-0.3, -0.25) is 4.79 Å². The first-order valence-corrected chi connectivity index (χ1v) is 9.10. The van der Waals surface area contributed by atoms with Crippen molar-refractivity contribution < 1.29 is 13.2 Å². The molecule has 120 valence electrons.